The van der Waals surface area contributed by atoms with Gasteiger partial charge in [-0.3, -0.25) is 0 Å². The van der Waals surface area contributed by atoms with Crippen molar-refractivity contribution in [2.75, 3.05) is 32.5 Å². The third-order valence-electron chi connectivity index (χ3n) is 2.62. The number of likely N-dealkylation sites (N-methyl/N-ethyl adjacent to an activating group) is 1. The van der Waals surface area contributed by atoms with E-state index in [9.17, 15) is 0 Å². The zero-order valence-corrected chi connectivity index (χ0v) is 11.6. The molecule has 2 heterocycles. The molecule has 0 aromatic carbocycles. The van der Waals surface area contributed by atoms with Crippen LogP contribution in [0.15, 0.2) is 0 Å². The van der Waals surface area contributed by atoms with E-state index in [4.69, 9.17) is 10.5 Å². The second-order valence-corrected chi connectivity index (χ2v) is 5.07. The Labute approximate surface area is 109 Å². The van der Waals surface area contributed by atoms with E-state index in [1.165, 1.54) is 0 Å². The molecule has 0 aliphatic carbocycles. The fourth-order valence-corrected chi connectivity index (χ4v) is 1.92. The molecule has 1 aliphatic rings. The molecule has 0 bridgehead atoms. The van der Waals surface area contributed by atoms with Crippen LogP contribution in [0.3, 0.4) is 0 Å². The topological polar surface area (TPSA) is 64.3 Å². The lowest BCUT2D eigenvalue weighted by molar-refractivity contribution is -0.0255. The molecule has 0 saturated carbocycles. The molecule has 1 unspecified atom stereocenters. The summed E-state index contributed by atoms with van der Waals surface area (Å²) in [6.07, 6.45) is -0.0586. The van der Waals surface area contributed by atoms with Gasteiger partial charge < -0.3 is 15.4 Å². The van der Waals surface area contributed by atoms with Crippen molar-refractivity contribution < 1.29 is 4.74 Å². The minimum atomic E-state index is -0.0586. The number of rotatable bonds is 1. The van der Waals surface area contributed by atoms with Crippen LogP contribution in [0, 0.1) is 10.5 Å². The molecule has 0 radical (unpaired) electrons. The summed E-state index contributed by atoms with van der Waals surface area (Å²) < 4.78 is 6.58. The molecule has 1 saturated heterocycles. The van der Waals surface area contributed by atoms with Crippen LogP contribution in [0.1, 0.15) is 17.6 Å². The normalized spacial score (nSPS) is 22.3. The largest absolute Gasteiger partial charge is 0.383 e. The lowest BCUT2D eigenvalue weighted by atomic mass is 10.2. The number of halogens is 1. The van der Waals surface area contributed by atoms with Gasteiger partial charge in [0.15, 0.2) is 5.82 Å². The van der Waals surface area contributed by atoms with Crippen LogP contribution in [-0.2, 0) is 4.74 Å². The van der Waals surface area contributed by atoms with Crippen molar-refractivity contribution in [3.05, 3.63) is 15.1 Å². The number of nitrogens with two attached hydrogens (primary N) is 1. The zero-order valence-electron chi connectivity index (χ0n) is 9.40. The van der Waals surface area contributed by atoms with Crippen LogP contribution < -0.4 is 5.73 Å². The lowest BCUT2D eigenvalue weighted by Gasteiger charge is -2.29. The summed E-state index contributed by atoms with van der Waals surface area (Å²) in [6.45, 7) is 4.43. The first-order valence-corrected chi connectivity index (χ1v) is 6.25. The van der Waals surface area contributed by atoms with Gasteiger partial charge in [0.25, 0.3) is 0 Å². The van der Waals surface area contributed by atoms with Crippen molar-refractivity contribution in [1.82, 2.24) is 14.9 Å². The van der Waals surface area contributed by atoms with E-state index in [1.807, 2.05) is 6.92 Å². The monoisotopic (exact) mass is 334 g/mol. The molecule has 2 rings (SSSR count). The second kappa shape index (κ2) is 4.80. The molecule has 16 heavy (non-hydrogen) atoms. The Morgan fingerprint density at radius 2 is 2.25 bits per heavy atom. The third kappa shape index (κ3) is 2.44. The Balaban J connectivity index is 2.26. The predicted molar refractivity (Wildman–Crippen MR) is 70.1 cm³/mol. The van der Waals surface area contributed by atoms with Crippen LogP contribution in [0.5, 0.6) is 0 Å². The predicted octanol–water partition coefficient (Wildman–Crippen LogP) is 0.975. The molecule has 1 aliphatic heterocycles. The minimum absolute atomic E-state index is 0.0586. The number of hydrogen-bond donors (Lipinski definition) is 1. The van der Waals surface area contributed by atoms with Crippen molar-refractivity contribution in [2.24, 2.45) is 0 Å². The highest BCUT2D eigenvalue weighted by Gasteiger charge is 2.23. The van der Waals surface area contributed by atoms with Crippen LogP contribution in [0.4, 0.5) is 5.82 Å². The van der Waals surface area contributed by atoms with E-state index in [1.54, 1.807) is 0 Å². The summed E-state index contributed by atoms with van der Waals surface area (Å²) in [5.74, 6) is 1.24. The highest BCUT2D eigenvalue weighted by Crippen LogP contribution is 2.22. The van der Waals surface area contributed by atoms with Gasteiger partial charge in [-0.2, -0.15) is 0 Å². The van der Waals surface area contributed by atoms with Crippen LogP contribution in [0.25, 0.3) is 0 Å². The maximum atomic E-state index is 5.84. The summed E-state index contributed by atoms with van der Waals surface area (Å²) in [5, 5.41) is 0. The first-order chi connectivity index (χ1) is 7.58. The van der Waals surface area contributed by atoms with Crippen molar-refractivity contribution >= 4 is 28.4 Å². The molecule has 2 N–H and O–H groups in total. The van der Waals surface area contributed by atoms with E-state index in [0.717, 1.165) is 29.0 Å². The molecular weight excluding hydrogens is 319 g/mol. The molecule has 1 atom stereocenters. The number of nitrogens with zero attached hydrogens (tertiary/aromatic N) is 3. The van der Waals surface area contributed by atoms with Gasteiger partial charge in [0.05, 0.1) is 15.9 Å². The smallest absolute Gasteiger partial charge is 0.161 e. The Morgan fingerprint density at radius 1 is 1.50 bits per heavy atom. The molecule has 0 spiro atoms. The van der Waals surface area contributed by atoms with Gasteiger partial charge in [0, 0.05) is 13.1 Å². The Hall–Kier alpha value is -0.470. The van der Waals surface area contributed by atoms with Gasteiger partial charge in [0.2, 0.25) is 0 Å². The zero-order chi connectivity index (χ0) is 11.7. The number of anilines is 1. The number of morpholine rings is 1. The fraction of sp³-hybridized carbons (Fsp3) is 0.600. The SMILES string of the molecule is Cc1nc(C2CN(C)CCO2)nc(N)c1I. The molecule has 1 fully saturated rings. The van der Waals surface area contributed by atoms with Crippen LogP contribution in [-0.4, -0.2) is 41.6 Å². The third-order valence-corrected chi connectivity index (χ3v) is 3.95. The number of ether oxygens (including phenoxy) is 1. The lowest BCUT2D eigenvalue weighted by Crippen LogP contribution is -2.36. The van der Waals surface area contributed by atoms with E-state index < -0.39 is 0 Å². The molecule has 1 aromatic heterocycles. The average Bonchev–Trinajstić information content (AvgIpc) is 2.25. The maximum absolute atomic E-state index is 5.84. The standard InChI is InChI=1S/C10H15IN4O/c1-6-8(11)9(12)14-10(13-6)7-5-15(2)3-4-16-7/h7H,3-5H2,1-2H3,(H2,12,13,14). The van der Waals surface area contributed by atoms with Gasteiger partial charge >= 0.3 is 0 Å². The molecule has 5 nitrogen and oxygen atoms in total. The van der Waals surface area contributed by atoms with Crippen molar-refractivity contribution in [3.8, 4) is 0 Å². The fourth-order valence-electron chi connectivity index (χ4n) is 1.68. The number of aryl methyl sites for hydroxylation is 1. The molecule has 1 aromatic rings. The molecular formula is C10H15IN4O. The van der Waals surface area contributed by atoms with Crippen molar-refractivity contribution in [1.29, 1.82) is 0 Å². The number of nitrogen functional groups attached to an aromatic ring is 1. The maximum Gasteiger partial charge on any atom is 0.161 e. The number of hydrogen-bond acceptors (Lipinski definition) is 5. The second-order valence-electron chi connectivity index (χ2n) is 3.99. The van der Waals surface area contributed by atoms with Gasteiger partial charge in [-0.25, -0.2) is 9.97 Å². The Morgan fingerprint density at radius 3 is 2.88 bits per heavy atom. The number of aromatic nitrogens is 2. The summed E-state index contributed by atoms with van der Waals surface area (Å²) >= 11 is 2.16. The van der Waals surface area contributed by atoms with Gasteiger partial charge in [-0.05, 0) is 36.6 Å². The average molecular weight is 334 g/mol. The van der Waals surface area contributed by atoms with E-state index in [-0.39, 0.29) is 6.10 Å². The van der Waals surface area contributed by atoms with Gasteiger partial charge in [-0.15, -0.1) is 0 Å². The summed E-state index contributed by atoms with van der Waals surface area (Å²) in [4.78, 5) is 10.9. The minimum Gasteiger partial charge on any atom is -0.383 e. The Kier molecular flexibility index (Phi) is 3.60. The van der Waals surface area contributed by atoms with Crippen molar-refractivity contribution in [3.63, 3.8) is 0 Å². The summed E-state index contributed by atoms with van der Waals surface area (Å²) in [6, 6.07) is 0. The van der Waals surface area contributed by atoms with Crippen LogP contribution >= 0.6 is 22.6 Å². The first-order valence-electron chi connectivity index (χ1n) is 5.17. The highest BCUT2D eigenvalue weighted by atomic mass is 127. The van der Waals surface area contributed by atoms with Crippen LogP contribution in [0.2, 0.25) is 0 Å². The quantitative estimate of drug-likeness (QED) is 0.776. The molecule has 88 valence electrons. The summed E-state index contributed by atoms with van der Waals surface area (Å²) in [5.41, 5.74) is 6.75. The summed E-state index contributed by atoms with van der Waals surface area (Å²) in [7, 11) is 2.07. The van der Waals surface area contributed by atoms with E-state index in [2.05, 4.69) is 44.5 Å². The highest BCUT2D eigenvalue weighted by molar-refractivity contribution is 14.1. The van der Waals surface area contributed by atoms with Crippen molar-refractivity contribution in [2.45, 2.75) is 13.0 Å². The van der Waals surface area contributed by atoms with E-state index in [0.29, 0.717) is 11.6 Å². The Bertz CT molecular complexity index is 375. The van der Waals surface area contributed by atoms with Gasteiger partial charge in [0.1, 0.15) is 11.9 Å². The van der Waals surface area contributed by atoms with E-state index >= 15 is 0 Å². The van der Waals surface area contributed by atoms with Gasteiger partial charge in [-0.1, -0.05) is 0 Å². The first kappa shape index (κ1) is 12.0. The molecule has 6 heteroatoms. The molecule has 0 amide bonds.